The minimum absolute atomic E-state index is 0.194. The number of halogens is 1. The van der Waals surface area contributed by atoms with E-state index in [1.54, 1.807) is 35.4 Å². The molecule has 0 aliphatic heterocycles. The molecule has 134 valence electrons. The van der Waals surface area contributed by atoms with E-state index in [0.29, 0.717) is 16.5 Å². The molecule has 3 aromatic heterocycles. The molecule has 4 rings (SSSR count). The van der Waals surface area contributed by atoms with Crippen molar-refractivity contribution >= 4 is 17.5 Å². The summed E-state index contributed by atoms with van der Waals surface area (Å²) in [6, 6.07) is 12.7. The third-order valence-corrected chi connectivity index (χ3v) is 4.17. The standard InChI is InChI=1S/C18H14ClN7O/c19-14-6-1-2-7-16(14)26-12-15(23-24-26)18(27)21-11-13-5-3-8-20-17(13)25-10-4-9-22-25/h1-10,12H,11H2,(H,21,27). The number of nitrogens with zero attached hydrogens (tertiary/aromatic N) is 6. The monoisotopic (exact) mass is 379 g/mol. The maximum Gasteiger partial charge on any atom is 0.273 e. The van der Waals surface area contributed by atoms with E-state index in [-0.39, 0.29) is 18.1 Å². The van der Waals surface area contributed by atoms with Crippen molar-refractivity contribution in [1.29, 1.82) is 0 Å². The zero-order chi connectivity index (χ0) is 18.6. The quantitative estimate of drug-likeness (QED) is 0.575. The van der Waals surface area contributed by atoms with E-state index in [4.69, 9.17) is 11.6 Å². The maximum absolute atomic E-state index is 12.4. The molecule has 0 aliphatic rings. The molecule has 1 aromatic carbocycles. The number of carbonyl (C=O) groups is 1. The lowest BCUT2D eigenvalue weighted by Crippen LogP contribution is -2.24. The molecule has 0 unspecified atom stereocenters. The fraction of sp³-hybridized carbons (Fsp3) is 0.0556. The van der Waals surface area contributed by atoms with E-state index in [0.717, 1.165) is 5.56 Å². The molecule has 4 aromatic rings. The number of rotatable bonds is 5. The summed E-state index contributed by atoms with van der Waals surface area (Å²) in [5.74, 6) is 0.311. The summed E-state index contributed by atoms with van der Waals surface area (Å²) in [4.78, 5) is 16.8. The first-order valence-electron chi connectivity index (χ1n) is 8.12. The summed E-state index contributed by atoms with van der Waals surface area (Å²) in [5, 5.41) is 15.4. The van der Waals surface area contributed by atoms with Crippen molar-refractivity contribution in [1.82, 2.24) is 35.1 Å². The van der Waals surface area contributed by atoms with Gasteiger partial charge in [-0.2, -0.15) is 5.10 Å². The summed E-state index contributed by atoms with van der Waals surface area (Å²) in [6.07, 6.45) is 6.68. The predicted molar refractivity (Wildman–Crippen MR) is 98.9 cm³/mol. The van der Waals surface area contributed by atoms with Gasteiger partial charge in [-0.25, -0.2) is 14.3 Å². The number of nitrogens with one attached hydrogen (secondary N) is 1. The van der Waals surface area contributed by atoms with Crippen molar-refractivity contribution in [3.63, 3.8) is 0 Å². The third-order valence-electron chi connectivity index (χ3n) is 3.85. The highest BCUT2D eigenvalue weighted by Crippen LogP contribution is 2.18. The Hall–Kier alpha value is -3.52. The van der Waals surface area contributed by atoms with Crippen LogP contribution in [0.3, 0.4) is 0 Å². The summed E-state index contributed by atoms with van der Waals surface area (Å²) in [6.45, 7) is 0.279. The van der Waals surface area contributed by atoms with E-state index >= 15 is 0 Å². The Labute approximate surface area is 159 Å². The van der Waals surface area contributed by atoms with Gasteiger partial charge in [-0.15, -0.1) is 5.10 Å². The number of pyridine rings is 1. The van der Waals surface area contributed by atoms with Crippen molar-refractivity contribution in [3.8, 4) is 11.5 Å². The second-order valence-corrected chi connectivity index (χ2v) is 6.03. The average molecular weight is 380 g/mol. The van der Waals surface area contributed by atoms with Crippen LogP contribution in [0.2, 0.25) is 5.02 Å². The van der Waals surface area contributed by atoms with Gasteiger partial charge in [-0.3, -0.25) is 4.79 Å². The van der Waals surface area contributed by atoms with Crippen molar-refractivity contribution < 1.29 is 4.79 Å². The van der Waals surface area contributed by atoms with Gasteiger partial charge in [-0.1, -0.05) is 35.0 Å². The molecule has 27 heavy (non-hydrogen) atoms. The number of aromatic nitrogens is 6. The van der Waals surface area contributed by atoms with Crippen LogP contribution in [0, 0.1) is 0 Å². The van der Waals surface area contributed by atoms with Crippen molar-refractivity contribution in [3.05, 3.63) is 83.5 Å². The van der Waals surface area contributed by atoms with Crippen LogP contribution in [0.4, 0.5) is 0 Å². The van der Waals surface area contributed by atoms with Gasteiger partial charge in [0.1, 0.15) is 0 Å². The highest BCUT2D eigenvalue weighted by Gasteiger charge is 2.14. The lowest BCUT2D eigenvalue weighted by atomic mass is 10.2. The minimum Gasteiger partial charge on any atom is -0.346 e. The lowest BCUT2D eigenvalue weighted by molar-refractivity contribution is 0.0946. The van der Waals surface area contributed by atoms with Gasteiger partial charge in [0.2, 0.25) is 0 Å². The summed E-state index contributed by atoms with van der Waals surface area (Å²) < 4.78 is 3.12. The van der Waals surface area contributed by atoms with Crippen LogP contribution in [0.15, 0.2) is 67.3 Å². The smallest absolute Gasteiger partial charge is 0.273 e. The van der Waals surface area contributed by atoms with E-state index in [1.807, 2.05) is 30.3 Å². The second kappa shape index (κ2) is 7.38. The van der Waals surface area contributed by atoms with E-state index in [1.165, 1.54) is 10.9 Å². The molecule has 0 fully saturated rings. The number of hydrogen-bond acceptors (Lipinski definition) is 5. The van der Waals surface area contributed by atoms with Gasteiger partial charge in [-0.05, 0) is 24.3 Å². The SMILES string of the molecule is O=C(NCc1cccnc1-n1cccn1)c1cn(-c2ccccc2Cl)nn1. The van der Waals surface area contributed by atoms with Gasteiger partial charge >= 0.3 is 0 Å². The topological polar surface area (TPSA) is 90.5 Å². The molecule has 0 spiro atoms. The molecule has 1 N–H and O–H groups in total. The fourth-order valence-corrected chi connectivity index (χ4v) is 2.78. The first kappa shape index (κ1) is 16.9. The summed E-state index contributed by atoms with van der Waals surface area (Å²) in [5.41, 5.74) is 1.67. The first-order chi connectivity index (χ1) is 13.2. The third kappa shape index (κ3) is 3.56. The van der Waals surface area contributed by atoms with Crippen molar-refractivity contribution in [2.24, 2.45) is 0 Å². The molecule has 0 radical (unpaired) electrons. The van der Waals surface area contributed by atoms with E-state index in [2.05, 4.69) is 25.7 Å². The Bertz CT molecular complexity index is 1070. The summed E-state index contributed by atoms with van der Waals surface area (Å²) >= 11 is 6.15. The first-order valence-corrected chi connectivity index (χ1v) is 8.49. The molecule has 0 aliphatic carbocycles. The van der Waals surface area contributed by atoms with Crippen molar-refractivity contribution in [2.75, 3.05) is 0 Å². The molecule has 1 amide bonds. The Balaban J connectivity index is 1.49. The zero-order valence-electron chi connectivity index (χ0n) is 14.0. The molecule has 9 heteroatoms. The number of carbonyl (C=O) groups excluding carboxylic acids is 1. The van der Waals surface area contributed by atoms with Crippen LogP contribution >= 0.6 is 11.6 Å². The maximum atomic E-state index is 12.4. The number of hydrogen-bond donors (Lipinski definition) is 1. The predicted octanol–water partition coefficient (Wildman–Crippen LogP) is 2.43. The van der Waals surface area contributed by atoms with Gasteiger partial charge in [0.05, 0.1) is 16.9 Å². The Kier molecular flexibility index (Phi) is 4.63. The molecule has 3 heterocycles. The molecule has 0 saturated heterocycles. The highest BCUT2D eigenvalue weighted by molar-refractivity contribution is 6.32. The normalized spacial score (nSPS) is 10.7. The van der Waals surface area contributed by atoms with Gasteiger partial charge < -0.3 is 5.32 Å². The second-order valence-electron chi connectivity index (χ2n) is 5.62. The summed E-state index contributed by atoms with van der Waals surface area (Å²) in [7, 11) is 0. The zero-order valence-corrected chi connectivity index (χ0v) is 14.8. The van der Waals surface area contributed by atoms with Gasteiger partial charge in [0.15, 0.2) is 11.5 Å². The lowest BCUT2D eigenvalue weighted by Gasteiger charge is -2.08. The fourth-order valence-electron chi connectivity index (χ4n) is 2.56. The molecular weight excluding hydrogens is 366 g/mol. The molecular formula is C18H14ClN7O. The van der Waals surface area contributed by atoms with Crippen LogP contribution in [-0.2, 0) is 6.54 Å². The van der Waals surface area contributed by atoms with E-state index < -0.39 is 0 Å². The van der Waals surface area contributed by atoms with Gasteiger partial charge in [0.25, 0.3) is 5.91 Å². The van der Waals surface area contributed by atoms with Crippen LogP contribution in [0.5, 0.6) is 0 Å². The minimum atomic E-state index is -0.344. The van der Waals surface area contributed by atoms with Gasteiger partial charge in [0, 0.05) is 30.7 Å². The van der Waals surface area contributed by atoms with Crippen LogP contribution in [0.1, 0.15) is 16.1 Å². The average Bonchev–Trinajstić information content (AvgIpc) is 3.39. The molecule has 8 nitrogen and oxygen atoms in total. The number of amides is 1. The Morgan fingerprint density at radius 1 is 1.07 bits per heavy atom. The Morgan fingerprint density at radius 2 is 1.96 bits per heavy atom. The molecule has 0 atom stereocenters. The molecule has 0 saturated carbocycles. The van der Waals surface area contributed by atoms with Crippen LogP contribution < -0.4 is 5.32 Å². The highest BCUT2D eigenvalue weighted by atomic mass is 35.5. The number of benzene rings is 1. The Morgan fingerprint density at radius 3 is 2.78 bits per heavy atom. The van der Waals surface area contributed by atoms with E-state index in [9.17, 15) is 4.79 Å². The van der Waals surface area contributed by atoms with Crippen molar-refractivity contribution in [2.45, 2.75) is 6.54 Å². The van der Waals surface area contributed by atoms with Crippen LogP contribution in [-0.4, -0.2) is 35.7 Å². The largest absolute Gasteiger partial charge is 0.346 e. The van der Waals surface area contributed by atoms with Crippen LogP contribution in [0.25, 0.3) is 11.5 Å². The molecule has 0 bridgehead atoms. The number of para-hydroxylation sites is 1.